The highest BCUT2D eigenvalue weighted by atomic mass is 14.6. The molecule has 0 saturated heterocycles. The van der Waals surface area contributed by atoms with Crippen LogP contribution < -0.4 is 0 Å². The molecule has 0 bridgehead atoms. The Bertz CT molecular complexity index is 606. The SMILES string of the molecule is CC1=CCC[C@]2(C)[C@@H]1CC=C1[C@@H]3CC(C)(C)CC[C@]3(C)CC[C@]12C. The summed E-state index contributed by atoms with van der Waals surface area (Å²) in [7, 11) is 0. The highest BCUT2D eigenvalue weighted by Crippen LogP contribution is 2.70. The second-order valence-corrected chi connectivity index (χ2v) is 11.3. The van der Waals surface area contributed by atoms with Crippen LogP contribution in [0.4, 0.5) is 0 Å². The Balaban J connectivity index is 1.79. The smallest absolute Gasteiger partial charge is 0.00535 e. The predicted molar refractivity (Wildman–Crippen MR) is 104 cm³/mol. The molecule has 0 aliphatic heterocycles. The van der Waals surface area contributed by atoms with Gasteiger partial charge in [-0.15, -0.1) is 0 Å². The van der Waals surface area contributed by atoms with Gasteiger partial charge < -0.3 is 0 Å². The van der Waals surface area contributed by atoms with E-state index in [-0.39, 0.29) is 0 Å². The molecule has 0 N–H and O–H groups in total. The third-order valence-electron chi connectivity index (χ3n) is 9.46. The molecule has 0 unspecified atom stereocenters. The summed E-state index contributed by atoms with van der Waals surface area (Å²) in [6.45, 7) is 15.4. The molecule has 4 rings (SSSR count). The number of allylic oxidation sites excluding steroid dienone is 4. The third kappa shape index (κ3) is 2.10. The lowest BCUT2D eigenvalue weighted by Gasteiger charge is -2.65. The predicted octanol–water partition coefficient (Wildman–Crippen LogP) is 7.31. The quantitative estimate of drug-likeness (QED) is 0.409. The normalized spacial score (nSPS) is 50.1. The minimum Gasteiger partial charge on any atom is -0.0853 e. The van der Waals surface area contributed by atoms with Crippen molar-refractivity contribution in [2.45, 2.75) is 92.9 Å². The fraction of sp³-hybridized carbons (Fsp3) is 0.833. The van der Waals surface area contributed by atoms with Crippen molar-refractivity contribution < 1.29 is 0 Å². The molecule has 0 aromatic rings. The Hall–Kier alpha value is -0.520. The van der Waals surface area contributed by atoms with E-state index < -0.39 is 0 Å². The van der Waals surface area contributed by atoms with Gasteiger partial charge in [-0.05, 0) is 91.8 Å². The Morgan fingerprint density at radius 3 is 2.29 bits per heavy atom. The van der Waals surface area contributed by atoms with E-state index in [1.807, 2.05) is 5.57 Å². The zero-order valence-electron chi connectivity index (χ0n) is 17.0. The van der Waals surface area contributed by atoms with Crippen LogP contribution in [0.25, 0.3) is 0 Å². The van der Waals surface area contributed by atoms with Gasteiger partial charge in [-0.3, -0.25) is 0 Å². The summed E-state index contributed by atoms with van der Waals surface area (Å²) in [6.07, 6.45) is 16.4. The van der Waals surface area contributed by atoms with E-state index in [9.17, 15) is 0 Å². The van der Waals surface area contributed by atoms with Crippen LogP contribution in [-0.2, 0) is 0 Å². The average Bonchev–Trinajstić information content (AvgIpc) is 2.50. The lowest BCUT2D eigenvalue weighted by molar-refractivity contribution is -0.0655. The number of hydrogen-bond acceptors (Lipinski definition) is 0. The monoisotopic (exact) mass is 326 g/mol. The summed E-state index contributed by atoms with van der Waals surface area (Å²) >= 11 is 0. The van der Waals surface area contributed by atoms with Crippen molar-refractivity contribution in [2.75, 3.05) is 0 Å². The minimum atomic E-state index is 0.434. The molecule has 0 nitrogen and oxygen atoms in total. The topological polar surface area (TPSA) is 0 Å². The van der Waals surface area contributed by atoms with Gasteiger partial charge in [0.1, 0.15) is 0 Å². The van der Waals surface area contributed by atoms with Crippen LogP contribution in [0.2, 0.25) is 0 Å². The van der Waals surface area contributed by atoms with Crippen LogP contribution in [0, 0.1) is 33.5 Å². The van der Waals surface area contributed by atoms with E-state index >= 15 is 0 Å². The molecule has 0 radical (unpaired) electrons. The molecule has 0 aromatic heterocycles. The summed E-state index contributed by atoms with van der Waals surface area (Å²) in [5, 5.41) is 0. The number of hydrogen-bond donors (Lipinski definition) is 0. The first kappa shape index (κ1) is 16.9. The Kier molecular flexibility index (Phi) is 3.54. The molecule has 4 aliphatic rings. The summed E-state index contributed by atoms with van der Waals surface area (Å²) in [4.78, 5) is 0. The van der Waals surface area contributed by atoms with Gasteiger partial charge in [-0.25, -0.2) is 0 Å². The lowest BCUT2D eigenvalue weighted by Crippen LogP contribution is -2.56. The first-order valence-electron chi connectivity index (χ1n) is 10.5. The maximum absolute atomic E-state index is 2.73. The van der Waals surface area contributed by atoms with Crippen LogP contribution in [0.15, 0.2) is 23.3 Å². The van der Waals surface area contributed by atoms with E-state index in [4.69, 9.17) is 0 Å². The largest absolute Gasteiger partial charge is 0.0853 e. The zero-order valence-corrected chi connectivity index (χ0v) is 17.0. The van der Waals surface area contributed by atoms with Gasteiger partial charge in [0.05, 0.1) is 0 Å². The van der Waals surface area contributed by atoms with E-state index in [0.717, 1.165) is 11.8 Å². The Labute approximate surface area is 150 Å². The number of fused-ring (bicyclic) bond motifs is 5. The van der Waals surface area contributed by atoms with Crippen LogP contribution in [-0.4, -0.2) is 0 Å². The third-order valence-corrected chi connectivity index (χ3v) is 9.46. The van der Waals surface area contributed by atoms with Gasteiger partial charge >= 0.3 is 0 Å². The van der Waals surface area contributed by atoms with Gasteiger partial charge in [0.2, 0.25) is 0 Å². The molecule has 5 atom stereocenters. The van der Waals surface area contributed by atoms with Crippen molar-refractivity contribution in [3.63, 3.8) is 0 Å². The fourth-order valence-electron chi connectivity index (χ4n) is 7.30. The van der Waals surface area contributed by atoms with E-state index in [0.29, 0.717) is 21.7 Å². The standard InChI is InChI=1S/C24H38/c1-17-8-7-11-23(5)18(17)9-10-19-20-16-21(2,3)12-13-22(20,4)14-15-24(19,23)6/h8,10,18,20H,7,9,11-16H2,1-6H3/t18-,20+,22-,23-,24-/m1/s1. The molecule has 24 heavy (non-hydrogen) atoms. The Morgan fingerprint density at radius 1 is 0.833 bits per heavy atom. The molecule has 0 heterocycles. The van der Waals surface area contributed by atoms with E-state index in [1.54, 1.807) is 5.57 Å². The molecular weight excluding hydrogens is 288 g/mol. The van der Waals surface area contributed by atoms with Crippen LogP contribution in [0.3, 0.4) is 0 Å². The summed E-state index contributed by atoms with van der Waals surface area (Å²) in [6, 6.07) is 0. The Morgan fingerprint density at radius 2 is 1.54 bits per heavy atom. The maximum atomic E-state index is 2.73. The molecule has 134 valence electrons. The fourth-order valence-corrected chi connectivity index (χ4v) is 7.30. The highest BCUT2D eigenvalue weighted by Gasteiger charge is 2.60. The molecule has 0 aromatic carbocycles. The molecule has 4 aliphatic carbocycles. The van der Waals surface area contributed by atoms with Crippen LogP contribution >= 0.6 is 0 Å². The highest BCUT2D eigenvalue weighted by molar-refractivity contribution is 5.35. The molecule has 0 heteroatoms. The molecule has 0 spiro atoms. The van der Waals surface area contributed by atoms with Crippen molar-refractivity contribution in [3.05, 3.63) is 23.3 Å². The first-order chi connectivity index (χ1) is 11.1. The van der Waals surface area contributed by atoms with E-state index in [1.165, 1.54) is 51.4 Å². The zero-order chi connectivity index (χ0) is 17.4. The molecular formula is C24H38. The van der Waals surface area contributed by atoms with Crippen LogP contribution in [0.1, 0.15) is 92.9 Å². The summed E-state index contributed by atoms with van der Waals surface area (Å²) < 4.78 is 0. The maximum Gasteiger partial charge on any atom is -0.00535 e. The van der Waals surface area contributed by atoms with Crippen molar-refractivity contribution >= 4 is 0 Å². The van der Waals surface area contributed by atoms with Crippen molar-refractivity contribution in [2.24, 2.45) is 33.5 Å². The first-order valence-corrected chi connectivity index (χ1v) is 10.5. The average molecular weight is 327 g/mol. The summed E-state index contributed by atoms with van der Waals surface area (Å²) in [5.74, 6) is 1.63. The summed E-state index contributed by atoms with van der Waals surface area (Å²) in [5.41, 5.74) is 5.59. The van der Waals surface area contributed by atoms with Crippen molar-refractivity contribution in [1.82, 2.24) is 0 Å². The van der Waals surface area contributed by atoms with Gasteiger partial charge in [0.25, 0.3) is 0 Å². The molecule has 2 fully saturated rings. The van der Waals surface area contributed by atoms with Crippen molar-refractivity contribution in [3.8, 4) is 0 Å². The van der Waals surface area contributed by atoms with Gasteiger partial charge in [-0.1, -0.05) is 57.9 Å². The molecule has 0 amide bonds. The second kappa shape index (κ2) is 5.01. The van der Waals surface area contributed by atoms with Crippen molar-refractivity contribution in [1.29, 1.82) is 0 Å². The van der Waals surface area contributed by atoms with Gasteiger partial charge in [-0.2, -0.15) is 0 Å². The van der Waals surface area contributed by atoms with Gasteiger partial charge in [0.15, 0.2) is 0 Å². The molecule has 2 saturated carbocycles. The van der Waals surface area contributed by atoms with Crippen LogP contribution in [0.5, 0.6) is 0 Å². The second-order valence-electron chi connectivity index (χ2n) is 11.3. The number of rotatable bonds is 0. The lowest BCUT2D eigenvalue weighted by atomic mass is 9.39. The minimum absolute atomic E-state index is 0.434. The van der Waals surface area contributed by atoms with E-state index in [2.05, 4.69) is 53.7 Å². The van der Waals surface area contributed by atoms with Gasteiger partial charge in [0, 0.05) is 0 Å².